The van der Waals surface area contributed by atoms with Crippen molar-refractivity contribution in [3.63, 3.8) is 0 Å². The molecule has 1 aliphatic rings. The largest absolute Gasteiger partial charge is 0.324 e. The van der Waals surface area contributed by atoms with Crippen LogP contribution in [0.4, 0.5) is 14.5 Å². The molecule has 1 aromatic rings. The minimum Gasteiger partial charge on any atom is -0.324 e. The summed E-state index contributed by atoms with van der Waals surface area (Å²) in [7, 11) is 0. The van der Waals surface area contributed by atoms with Crippen LogP contribution in [0, 0.1) is 11.6 Å². The fraction of sp³-hybridized carbons (Fsp3) is 0.300. The maximum absolute atomic E-state index is 12.8. The van der Waals surface area contributed by atoms with E-state index in [0.29, 0.717) is 5.75 Å². The Labute approximate surface area is 95.6 Å². The molecule has 1 fully saturated rings. The number of carbonyl (C=O) groups excluding carboxylic acids is 1. The van der Waals surface area contributed by atoms with Crippen LogP contribution in [0.5, 0.6) is 0 Å². The molecule has 0 spiro atoms. The third-order valence-corrected chi connectivity index (χ3v) is 3.10. The molecular formula is C10H10F2N2OS. The van der Waals surface area contributed by atoms with E-state index in [0.717, 1.165) is 24.1 Å². The zero-order chi connectivity index (χ0) is 11.5. The number of benzene rings is 1. The van der Waals surface area contributed by atoms with Crippen molar-refractivity contribution in [2.24, 2.45) is 0 Å². The first kappa shape index (κ1) is 11.3. The standard InChI is InChI=1S/C10H10F2N2OS/c11-6-1-7(12)3-8(2-6)14-10(15)9-4-16-5-13-9/h1-3,9,13H,4-5H2,(H,14,15). The van der Waals surface area contributed by atoms with Gasteiger partial charge in [0.1, 0.15) is 11.6 Å². The number of hydrogen-bond donors (Lipinski definition) is 2. The van der Waals surface area contributed by atoms with E-state index in [4.69, 9.17) is 0 Å². The zero-order valence-electron chi connectivity index (χ0n) is 8.30. The summed E-state index contributed by atoms with van der Waals surface area (Å²) in [5.41, 5.74) is 0.140. The van der Waals surface area contributed by atoms with Crippen LogP contribution in [0.1, 0.15) is 0 Å². The highest BCUT2D eigenvalue weighted by Crippen LogP contribution is 2.15. The Morgan fingerprint density at radius 2 is 2.06 bits per heavy atom. The van der Waals surface area contributed by atoms with Crippen LogP contribution in [-0.4, -0.2) is 23.6 Å². The first-order chi connectivity index (χ1) is 7.65. The second-order valence-electron chi connectivity index (χ2n) is 3.42. The number of carbonyl (C=O) groups is 1. The molecule has 0 radical (unpaired) electrons. The molecule has 0 saturated carbocycles. The lowest BCUT2D eigenvalue weighted by Gasteiger charge is -2.10. The average molecular weight is 244 g/mol. The minimum atomic E-state index is -0.705. The zero-order valence-corrected chi connectivity index (χ0v) is 9.11. The topological polar surface area (TPSA) is 41.1 Å². The molecule has 2 rings (SSSR count). The molecule has 86 valence electrons. The van der Waals surface area contributed by atoms with Crippen LogP contribution in [0.3, 0.4) is 0 Å². The fourth-order valence-electron chi connectivity index (χ4n) is 1.42. The van der Waals surface area contributed by atoms with E-state index in [1.165, 1.54) is 0 Å². The summed E-state index contributed by atoms with van der Waals surface area (Å²) < 4.78 is 25.7. The third-order valence-electron chi connectivity index (χ3n) is 2.16. The molecule has 1 amide bonds. The monoisotopic (exact) mass is 244 g/mol. The van der Waals surface area contributed by atoms with Gasteiger partial charge in [0, 0.05) is 23.4 Å². The van der Waals surface area contributed by atoms with E-state index in [9.17, 15) is 13.6 Å². The first-order valence-electron chi connectivity index (χ1n) is 4.73. The number of hydrogen-bond acceptors (Lipinski definition) is 3. The van der Waals surface area contributed by atoms with Gasteiger partial charge in [-0.05, 0) is 12.1 Å². The van der Waals surface area contributed by atoms with Crippen LogP contribution in [-0.2, 0) is 4.79 Å². The highest BCUT2D eigenvalue weighted by molar-refractivity contribution is 7.99. The van der Waals surface area contributed by atoms with Gasteiger partial charge in [-0.15, -0.1) is 11.8 Å². The summed E-state index contributed by atoms with van der Waals surface area (Å²) in [5, 5.41) is 5.44. The van der Waals surface area contributed by atoms with Gasteiger partial charge in [-0.1, -0.05) is 0 Å². The fourth-order valence-corrected chi connectivity index (χ4v) is 2.36. The number of halogens is 2. The molecule has 1 saturated heterocycles. The van der Waals surface area contributed by atoms with Crippen LogP contribution >= 0.6 is 11.8 Å². The van der Waals surface area contributed by atoms with Gasteiger partial charge in [-0.25, -0.2) is 8.78 Å². The minimum absolute atomic E-state index is 0.140. The maximum atomic E-state index is 12.8. The predicted molar refractivity (Wildman–Crippen MR) is 59.2 cm³/mol. The number of amides is 1. The summed E-state index contributed by atoms with van der Waals surface area (Å²) in [4.78, 5) is 11.6. The molecule has 1 aromatic carbocycles. The lowest BCUT2D eigenvalue weighted by molar-refractivity contribution is -0.117. The molecule has 0 aliphatic carbocycles. The molecular weight excluding hydrogens is 234 g/mol. The molecule has 16 heavy (non-hydrogen) atoms. The van der Waals surface area contributed by atoms with Crippen LogP contribution in [0.15, 0.2) is 18.2 Å². The average Bonchev–Trinajstić information content (AvgIpc) is 2.68. The molecule has 0 aromatic heterocycles. The number of rotatable bonds is 2. The SMILES string of the molecule is O=C(Nc1cc(F)cc(F)c1)C1CSCN1. The lowest BCUT2D eigenvalue weighted by Crippen LogP contribution is -2.37. The molecule has 1 heterocycles. The smallest absolute Gasteiger partial charge is 0.242 e. The Morgan fingerprint density at radius 1 is 1.38 bits per heavy atom. The van der Waals surface area contributed by atoms with Crippen molar-refractivity contribution in [2.75, 3.05) is 16.9 Å². The van der Waals surface area contributed by atoms with Gasteiger partial charge < -0.3 is 5.32 Å². The Hall–Kier alpha value is -1.14. The van der Waals surface area contributed by atoms with E-state index >= 15 is 0 Å². The summed E-state index contributed by atoms with van der Waals surface area (Å²) in [6.45, 7) is 0. The highest BCUT2D eigenvalue weighted by Gasteiger charge is 2.22. The Morgan fingerprint density at radius 3 is 2.62 bits per heavy atom. The summed E-state index contributed by atoms with van der Waals surface area (Å²) in [6.07, 6.45) is 0. The van der Waals surface area contributed by atoms with Crippen molar-refractivity contribution in [3.05, 3.63) is 29.8 Å². The first-order valence-corrected chi connectivity index (χ1v) is 5.89. The number of thioether (sulfide) groups is 1. The molecule has 1 atom stereocenters. The summed E-state index contributed by atoms with van der Waals surface area (Å²) in [5.74, 6) is -0.290. The third kappa shape index (κ3) is 2.70. The van der Waals surface area contributed by atoms with Gasteiger partial charge in [-0.3, -0.25) is 10.1 Å². The van der Waals surface area contributed by atoms with Gasteiger partial charge in [0.2, 0.25) is 5.91 Å². The van der Waals surface area contributed by atoms with Crippen molar-refractivity contribution in [1.82, 2.24) is 5.32 Å². The van der Waals surface area contributed by atoms with Crippen LogP contribution in [0.25, 0.3) is 0 Å². The molecule has 2 N–H and O–H groups in total. The van der Waals surface area contributed by atoms with Crippen molar-refractivity contribution >= 4 is 23.4 Å². The molecule has 0 bridgehead atoms. The quantitative estimate of drug-likeness (QED) is 0.829. The van der Waals surface area contributed by atoms with Crippen LogP contribution < -0.4 is 10.6 Å². The predicted octanol–water partition coefficient (Wildman–Crippen LogP) is 1.57. The summed E-state index contributed by atoms with van der Waals surface area (Å²) in [6, 6.07) is 2.64. The summed E-state index contributed by atoms with van der Waals surface area (Å²) >= 11 is 1.61. The van der Waals surface area contributed by atoms with E-state index in [1.54, 1.807) is 11.8 Å². The van der Waals surface area contributed by atoms with Crippen molar-refractivity contribution < 1.29 is 13.6 Å². The second kappa shape index (κ2) is 4.80. The van der Waals surface area contributed by atoms with E-state index in [1.807, 2.05) is 0 Å². The van der Waals surface area contributed by atoms with Gasteiger partial charge >= 0.3 is 0 Å². The van der Waals surface area contributed by atoms with Crippen molar-refractivity contribution in [3.8, 4) is 0 Å². The van der Waals surface area contributed by atoms with Crippen LogP contribution in [0.2, 0.25) is 0 Å². The highest BCUT2D eigenvalue weighted by atomic mass is 32.2. The molecule has 1 aliphatic heterocycles. The van der Waals surface area contributed by atoms with Gasteiger partial charge in [0.15, 0.2) is 0 Å². The Kier molecular flexibility index (Phi) is 3.40. The second-order valence-corrected chi connectivity index (χ2v) is 4.45. The Bertz CT molecular complexity index is 388. The van der Waals surface area contributed by atoms with Gasteiger partial charge in [0.05, 0.1) is 6.04 Å². The van der Waals surface area contributed by atoms with Gasteiger partial charge in [0.25, 0.3) is 0 Å². The lowest BCUT2D eigenvalue weighted by atomic mass is 10.2. The molecule has 3 nitrogen and oxygen atoms in total. The normalized spacial score (nSPS) is 19.8. The van der Waals surface area contributed by atoms with Crippen molar-refractivity contribution in [2.45, 2.75) is 6.04 Å². The Balaban J connectivity index is 2.05. The van der Waals surface area contributed by atoms with E-state index in [-0.39, 0.29) is 17.6 Å². The van der Waals surface area contributed by atoms with Gasteiger partial charge in [-0.2, -0.15) is 0 Å². The molecule has 1 unspecified atom stereocenters. The number of nitrogens with one attached hydrogen (secondary N) is 2. The maximum Gasteiger partial charge on any atom is 0.242 e. The van der Waals surface area contributed by atoms with Crippen molar-refractivity contribution in [1.29, 1.82) is 0 Å². The number of anilines is 1. The molecule has 6 heteroatoms. The van der Waals surface area contributed by atoms with E-state index in [2.05, 4.69) is 10.6 Å². The van der Waals surface area contributed by atoms with E-state index < -0.39 is 11.6 Å².